The third kappa shape index (κ3) is 3.36. The normalized spacial score (nSPS) is 14.0. The Morgan fingerprint density at radius 2 is 1.76 bits per heavy atom. The zero-order valence-electron chi connectivity index (χ0n) is 14.4. The minimum atomic E-state index is 0.677. The SMILES string of the molecule is COc1ccc(CNc2nc(N3CCCC3)c3ccccc3n2)cc1. The highest BCUT2D eigenvalue weighted by atomic mass is 16.5. The van der Waals surface area contributed by atoms with Crippen LogP contribution in [0.2, 0.25) is 0 Å². The molecule has 2 heterocycles. The fraction of sp³-hybridized carbons (Fsp3) is 0.300. The van der Waals surface area contributed by atoms with E-state index in [-0.39, 0.29) is 0 Å². The number of para-hydroxylation sites is 1. The predicted octanol–water partition coefficient (Wildman–Crippen LogP) is 3.85. The van der Waals surface area contributed by atoms with E-state index in [9.17, 15) is 0 Å². The van der Waals surface area contributed by atoms with Crippen molar-refractivity contribution in [1.82, 2.24) is 9.97 Å². The molecule has 25 heavy (non-hydrogen) atoms. The summed E-state index contributed by atoms with van der Waals surface area (Å²) in [6.45, 7) is 2.82. The Balaban J connectivity index is 1.60. The maximum absolute atomic E-state index is 5.20. The maximum Gasteiger partial charge on any atom is 0.225 e. The van der Waals surface area contributed by atoms with E-state index in [4.69, 9.17) is 9.72 Å². The fourth-order valence-corrected chi connectivity index (χ4v) is 3.23. The highest BCUT2D eigenvalue weighted by molar-refractivity contribution is 5.90. The number of ether oxygens (including phenoxy) is 1. The van der Waals surface area contributed by atoms with E-state index < -0.39 is 0 Å². The number of hydrogen-bond acceptors (Lipinski definition) is 5. The van der Waals surface area contributed by atoms with E-state index in [1.165, 1.54) is 18.4 Å². The first-order valence-corrected chi connectivity index (χ1v) is 8.72. The van der Waals surface area contributed by atoms with E-state index in [0.717, 1.165) is 35.6 Å². The van der Waals surface area contributed by atoms with Crippen molar-refractivity contribution < 1.29 is 4.74 Å². The molecule has 1 N–H and O–H groups in total. The van der Waals surface area contributed by atoms with Crippen LogP contribution in [-0.2, 0) is 6.54 Å². The lowest BCUT2D eigenvalue weighted by atomic mass is 10.2. The van der Waals surface area contributed by atoms with Crippen LogP contribution >= 0.6 is 0 Å². The van der Waals surface area contributed by atoms with Crippen LogP contribution in [0.1, 0.15) is 18.4 Å². The van der Waals surface area contributed by atoms with Crippen molar-refractivity contribution in [2.75, 3.05) is 30.4 Å². The summed E-state index contributed by atoms with van der Waals surface area (Å²) in [5.74, 6) is 2.58. The van der Waals surface area contributed by atoms with E-state index in [2.05, 4.69) is 33.4 Å². The molecular formula is C20H22N4O. The molecule has 5 heteroatoms. The van der Waals surface area contributed by atoms with Crippen LogP contribution in [0.3, 0.4) is 0 Å². The first-order chi connectivity index (χ1) is 12.3. The van der Waals surface area contributed by atoms with Gasteiger partial charge in [0.2, 0.25) is 5.95 Å². The number of nitrogens with zero attached hydrogens (tertiary/aromatic N) is 3. The molecule has 1 aromatic heterocycles. The van der Waals surface area contributed by atoms with Crippen molar-refractivity contribution in [2.24, 2.45) is 0 Å². The van der Waals surface area contributed by atoms with Gasteiger partial charge in [-0.15, -0.1) is 0 Å². The molecule has 128 valence electrons. The molecule has 4 rings (SSSR count). The molecular weight excluding hydrogens is 312 g/mol. The van der Waals surface area contributed by atoms with Crippen LogP contribution in [0.4, 0.5) is 11.8 Å². The Labute approximate surface area is 147 Å². The molecule has 1 saturated heterocycles. The largest absolute Gasteiger partial charge is 0.497 e. The van der Waals surface area contributed by atoms with Crippen LogP contribution in [0.5, 0.6) is 5.75 Å². The summed E-state index contributed by atoms with van der Waals surface area (Å²) in [6, 6.07) is 16.3. The van der Waals surface area contributed by atoms with Crippen molar-refractivity contribution in [2.45, 2.75) is 19.4 Å². The molecule has 3 aromatic rings. The van der Waals surface area contributed by atoms with Gasteiger partial charge in [-0.05, 0) is 42.7 Å². The van der Waals surface area contributed by atoms with Crippen molar-refractivity contribution in [3.63, 3.8) is 0 Å². The number of hydrogen-bond donors (Lipinski definition) is 1. The van der Waals surface area contributed by atoms with Gasteiger partial charge in [-0.1, -0.05) is 24.3 Å². The number of anilines is 2. The smallest absolute Gasteiger partial charge is 0.225 e. The van der Waals surface area contributed by atoms with Gasteiger partial charge >= 0.3 is 0 Å². The molecule has 0 unspecified atom stereocenters. The fourth-order valence-electron chi connectivity index (χ4n) is 3.23. The third-order valence-electron chi connectivity index (χ3n) is 4.60. The van der Waals surface area contributed by atoms with Crippen molar-refractivity contribution >= 4 is 22.7 Å². The van der Waals surface area contributed by atoms with Gasteiger partial charge in [-0.3, -0.25) is 0 Å². The summed E-state index contributed by atoms with van der Waals surface area (Å²) >= 11 is 0. The van der Waals surface area contributed by atoms with E-state index in [0.29, 0.717) is 12.5 Å². The second-order valence-corrected chi connectivity index (χ2v) is 6.28. The lowest BCUT2D eigenvalue weighted by Crippen LogP contribution is -2.20. The summed E-state index contributed by atoms with van der Waals surface area (Å²) in [6.07, 6.45) is 2.46. The third-order valence-corrected chi connectivity index (χ3v) is 4.60. The topological polar surface area (TPSA) is 50.3 Å². The first-order valence-electron chi connectivity index (χ1n) is 8.72. The van der Waals surface area contributed by atoms with Crippen molar-refractivity contribution in [3.05, 3.63) is 54.1 Å². The number of rotatable bonds is 5. The number of fused-ring (bicyclic) bond motifs is 1. The minimum absolute atomic E-state index is 0.677. The molecule has 0 bridgehead atoms. The highest BCUT2D eigenvalue weighted by Gasteiger charge is 2.17. The Morgan fingerprint density at radius 1 is 1.00 bits per heavy atom. The highest BCUT2D eigenvalue weighted by Crippen LogP contribution is 2.28. The molecule has 0 aliphatic carbocycles. The van der Waals surface area contributed by atoms with Crippen LogP contribution in [0, 0.1) is 0 Å². The van der Waals surface area contributed by atoms with Gasteiger partial charge < -0.3 is 15.0 Å². The van der Waals surface area contributed by atoms with E-state index in [1.54, 1.807) is 7.11 Å². The maximum atomic E-state index is 5.20. The molecule has 2 aromatic carbocycles. The Morgan fingerprint density at radius 3 is 2.52 bits per heavy atom. The number of aromatic nitrogens is 2. The average molecular weight is 334 g/mol. The molecule has 0 amide bonds. The molecule has 1 aliphatic heterocycles. The summed E-state index contributed by atoms with van der Waals surface area (Å²) in [7, 11) is 1.68. The summed E-state index contributed by atoms with van der Waals surface area (Å²) in [5, 5.41) is 4.49. The number of benzene rings is 2. The van der Waals surface area contributed by atoms with Gasteiger partial charge in [-0.25, -0.2) is 4.98 Å². The summed E-state index contributed by atoms with van der Waals surface area (Å²) in [4.78, 5) is 11.9. The standard InChI is InChI=1S/C20H22N4O/c1-25-16-10-8-15(9-11-16)14-21-20-22-18-7-3-2-6-17(18)19(23-20)24-12-4-5-13-24/h2-3,6-11H,4-5,12-14H2,1H3,(H,21,22,23). The zero-order valence-corrected chi connectivity index (χ0v) is 14.4. The Kier molecular flexibility index (Phi) is 4.37. The number of methoxy groups -OCH3 is 1. The molecule has 0 saturated carbocycles. The van der Waals surface area contributed by atoms with Gasteiger partial charge in [0, 0.05) is 25.0 Å². The van der Waals surface area contributed by atoms with E-state index in [1.807, 2.05) is 30.3 Å². The Bertz CT molecular complexity index is 857. The molecule has 1 aliphatic rings. The first kappa shape index (κ1) is 15.7. The average Bonchev–Trinajstić information content (AvgIpc) is 3.20. The lowest BCUT2D eigenvalue weighted by Gasteiger charge is -2.19. The van der Waals surface area contributed by atoms with Gasteiger partial charge in [-0.2, -0.15) is 4.98 Å². The molecule has 1 fully saturated rings. The van der Waals surface area contributed by atoms with Gasteiger partial charge in [0.15, 0.2) is 0 Å². The molecule has 5 nitrogen and oxygen atoms in total. The summed E-state index contributed by atoms with van der Waals surface area (Å²) in [5.41, 5.74) is 2.15. The van der Waals surface area contributed by atoms with Crippen LogP contribution in [-0.4, -0.2) is 30.2 Å². The van der Waals surface area contributed by atoms with Crippen LogP contribution < -0.4 is 15.0 Å². The lowest BCUT2D eigenvalue weighted by molar-refractivity contribution is 0.414. The molecule has 0 atom stereocenters. The predicted molar refractivity (Wildman–Crippen MR) is 101 cm³/mol. The van der Waals surface area contributed by atoms with Gasteiger partial charge in [0.1, 0.15) is 11.6 Å². The second-order valence-electron chi connectivity index (χ2n) is 6.28. The quantitative estimate of drug-likeness (QED) is 0.768. The van der Waals surface area contributed by atoms with Crippen LogP contribution in [0.15, 0.2) is 48.5 Å². The van der Waals surface area contributed by atoms with Crippen molar-refractivity contribution in [1.29, 1.82) is 0 Å². The minimum Gasteiger partial charge on any atom is -0.497 e. The second kappa shape index (κ2) is 6.97. The number of nitrogens with one attached hydrogen (secondary N) is 1. The summed E-state index contributed by atoms with van der Waals surface area (Å²) < 4.78 is 5.20. The molecule has 0 radical (unpaired) electrons. The molecule has 0 spiro atoms. The van der Waals surface area contributed by atoms with Gasteiger partial charge in [0.25, 0.3) is 0 Å². The Hall–Kier alpha value is -2.82. The van der Waals surface area contributed by atoms with Gasteiger partial charge in [0.05, 0.1) is 12.6 Å². The monoisotopic (exact) mass is 334 g/mol. The van der Waals surface area contributed by atoms with E-state index >= 15 is 0 Å². The van der Waals surface area contributed by atoms with Crippen molar-refractivity contribution in [3.8, 4) is 5.75 Å². The zero-order chi connectivity index (χ0) is 17.1. The van der Waals surface area contributed by atoms with Crippen LogP contribution in [0.25, 0.3) is 10.9 Å².